The van der Waals surface area contributed by atoms with Crippen LogP contribution in [-0.2, 0) is 0 Å². The zero-order valence-corrected chi connectivity index (χ0v) is 8.77. The minimum absolute atomic E-state index is 0.105. The molecule has 1 rings (SSSR count). The van der Waals surface area contributed by atoms with Crippen LogP contribution in [0.25, 0.3) is 0 Å². The maximum Gasteiger partial charge on any atom is 0.123 e. The van der Waals surface area contributed by atoms with Gasteiger partial charge in [0.2, 0.25) is 0 Å². The zero-order valence-electron chi connectivity index (χ0n) is 8.77. The Kier molecular flexibility index (Phi) is 4.15. The van der Waals surface area contributed by atoms with Gasteiger partial charge in [0.25, 0.3) is 0 Å². The molecule has 0 fully saturated rings. The van der Waals surface area contributed by atoms with Crippen molar-refractivity contribution in [3.8, 4) is 6.07 Å². The zero-order chi connectivity index (χ0) is 10.4. The van der Waals surface area contributed by atoms with E-state index >= 15 is 0 Å². The van der Waals surface area contributed by atoms with Crippen LogP contribution in [0.2, 0.25) is 0 Å². The molecule has 0 heterocycles. The summed E-state index contributed by atoms with van der Waals surface area (Å²) in [7, 11) is 0. The summed E-state index contributed by atoms with van der Waals surface area (Å²) in [5.74, 6) is 0. The molecule has 1 unspecified atom stereocenters. The lowest BCUT2D eigenvalue weighted by atomic mass is 10.1. The molecular formula is C12H16N2. The summed E-state index contributed by atoms with van der Waals surface area (Å²) in [6, 6.07) is 12.2. The van der Waals surface area contributed by atoms with Gasteiger partial charge in [-0.05, 0) is 18.7 Å². The van der Waals surface area contributed by atoms with Crippen molar-refractivity contribution in [1.82, 2.24) is 4.90 Å². The molecule has 74 valence electrons. The first kappa shape index (κ1) is 10.7. The monoisotopic (exact) mass is 188 g/mol. The SMILES string of the molecule is CCN(CC)C(C#N)c1ccccc1. The third-order valence-corrected chi connectivity index (χ3v) is 2.42. The van der Waals surface area contributed by atoms with E-state index in [9.17, 15) is 0 Å². The first-order valence-corrected chi connectivity index (χ1v) is 5.02. The number of nitrogens with zero attached hydrogens (tertiary/aromatic N) is 2. The highest BCUT2D eigenvalue weighted by Gasteiger charge is 2.15. The Morgan fingerprint density at radius 2 is 1.79 bits per heavy atom. The van der Waals surface area contributed by atoms with Gasteiger partial charge in [-0.3, -0.25) is 4.90 Å². The van der Waals surface area contributed by atoms with E-state index in [2.05, 4.69) is 24.8 Å². The fourth-order valence-corrected chi connectivity index (χ4v) is 1.59. The minimum Gasteiger partial charge on any atom is -0.285 e. The molecule has 1 aromatic carbocycles. The predicted molar refractivity (Wildman–Crippen MR) is 57.7 cm³/mol. The molecule has 1 atom stereocenters. The Hall–Kier alpha value is -1.33. The van der Waals surface area contributed by atoms with Gasteiger partial charge in [-0.1, -0.05) is 44.2 Å². The largest absolute Gasteiger partial charge is 0.285 e. The van der Waals surface area contributed by atoms with Crippen LogP contribution in [0.1, 0.15) is 25.5 Å². The van der Waals surface area contributed by atoms with Crippen LogP contribution in [0.5, 0.6) is 0 Å². The molecule has 2 nitrogen and oxygen atoms in total. The molecule has 0 saturated carbocycles. The second-order valence-electron chi connectivity index (χ2n) is 3.16. The highest BCUT2D eigenvalue weighted by molar-refractivity contribution is 5.23. The second kappa shape index (κ2) is 5.41. The van der Waals surface area contributed by atoms with E-state index in [0.717, 1.165) is 18.7 Å². The standard InChI is InChI=1S/C12H16N2/c1-3-14(4-2)12(10-13)11-8-6-5-7-9-11/h5-9,12H,3-4H2,1-2H3. The van der Waals surface area contributed by atoms with Crippen molar-refractivity contribution in [3.05, 3.63) is 35.9 Å². The van der Waals surface area contributed by atoms with E-state index in [1.807, 2.05) is 30.3 Å². The first-order chi connectivity index (χ1) is 6.83. The Morgan fingerprint density at radius 3 is 2.21 bits per heavy atom. The van der Waals surface area contributed by atoms with Gasteiger partial charge in [0.05, 0.1) is 6.07 Å². The average Bonchev–Trinajstić information content (AvgIpc) is 2.27. The molecule has 0 aliphatic rings. The predicted octanol–water partition coefficient (Wildman–Crippen LogP) is 2.59. The topological polar surface area (TPSA) is 27.0 Å². The Bertz CT molecular complexity index is 296. The third kappa shape index (κ3) is 2.34. The fraction of sp³-hybridized carbons (Fsp3) is 0.417. The van der Waals surface area contributed by atoms with Crippen LogP contribution in [0.3, 0.4) is 0 Å². The van der Waals surface area contributed by atoms with Crippen molar-refractivity contribution in [3.63, 3.8) is 0 Å². The van der Waals surface area contributed by atoms with E-state index in [-0.39, 0.29) is 6.04 Å². The molecule has 0 radical (unpaired) electrons. The van der Waals surface area contributed by atoms with Crippen LogP contribution < -0.4 is 0 Å². The molecule has 14 heavy (non-hydrogen) atoms. The number of benzene rings is 1. The van der Waals surface area contributed by atoms with Crippen molar-refractivity contribution in [2.24, 2.45) is 0 Å². The number of hydrogen-bond donors (Lipinski definition) is 0. The van der Waals surface area contributed by atoms with Gasteiger partial charge >= 0.3 is 0 Å². The summed E-state index contributed by atoms with van der Waals surface area (Å²) < 4.78 is 0. The molecule has 0 aliphatic carbocycles. The summed E-state index contributed by atoms with van der Waals surface area (Å²) in [4.78, 5) is 2.15. The Balaban J connectivity index is 2.88. The molecule has 0 bridgehead atoms. The van der Waals surface area contributed by atoms with Gasteiger partial charge in [-0.2, -0.15) is 5.26 Å². The van der Waals surface area contributed by atoms with E-state index in [0.29, 0.717) is 0 Å². The van der Waals surface area contributed by atoms with Crippen LogP contribution in [0.15, 0.2) is 30.3 Å². The van der Waals surface area contributed by atoms with Crippen molar-refractivity contribution < 1.29 is 0 Å². The van der Waals surface area contributed by atoms with Crippen molar-refractivity contribution in [2.45, 2.75) is 19.9 Å². The average molecular weight is 188 g/mol. The summed E-state index contributed by atoms with van der Waals surface area (Å²) in [5.41, 5.74) is 1.08. The molecule has 0 N–H and O–H groups in total. The lowest BCUT2D eigenvalue weighted by Crippen LogP contribution is -2.27. The van der Waals surface area contributed by atoms with Crippen molar-refractivity contribution in [2.75, 3.05) is 13.1 Å². The molecule has 2 heteroatoms. The summed E-state index contributed by atoms with van der Waals surface area (Å²) in [6.45, 7) is 5.97. The maximum absolute atomic E-state index is 9.12. The highest BCUT2D eigenvalue weighted by Crippen LogP contribution is 2.18. The van der Waals surface area contributed by atoms with Crippen molar-refractivity contribution >= 4 is 0 Å². The van der Waals surface area contributed by atoms with Gasteiger partial charge in [0.15, 0.2) is 0 Å². The van der Waals surface area contributed by atoms with Crippen LogP contribution in [0, 0.1) is 11.3 Å². The van der Waals surface area contributed by atoms with Gasteiger partial charge in [-0.15, -0.1) is 0 Å². The van der Waals surface area contributed by atoms with Gasteiger partial charge < -0.3 is 0 Å². The lowest BCUT2D eigenvalue weighted by molar-refractivity contribution is 0.262. The smallest absolute Gasteiger partial charge is 0.123 e. The molecule has 0 aliphatic heterocycles. The Labute approximate surface area is 85.8 Å². The first-order valence-electron chi connectivity index (χ1n) is 5.02. The van der Waals surface area contributed by atoms with E-state index in [1.54, 1.807) is 0 Å². The van der Waals surface area contributed by atoms with Gasteiger partial charge in [0.1, 0.15) is 6.04 Å². The van der Waals surface area contributed by atoms with E-state index < -0.39 is 0 Å². The lowest BCUT2D eigenvalue weighted by Gasteiger charge is -2.24. The Morgan fingerprint density at radius 1 is 1.21 bits per heavy atom. The molecule has 1 aromatic rings. The highest BCUT2D eigenvalue weighted by atomic mass is 15.1. The minimum atomic E-state index is -0.105. The van der Waals surface area contributed by atoms with Crippen LogP contribution >= 0.6 is 0 Å². The quantitative estimate of drug-likeness (QED) is 0.726. The van der Waals surface area contributed by atoms with Crippen LogP contribution in [-0.4, -0.2) is 18.0 Å². The third-order valence-electron chi connectivity index (χ3n) is 2.42. The van der Waals surface area contributed by atoms with E-state index in [1.165, 1.54) is 0 Å². The maximum atomic E-state index is 9.12. The fourth-order valence-electron chi connectivity index (χ4n) is 1.59. The molecule has 0 aromatic heterocycles. The summed E-state index contributed by atoms with van der Waals surface area (Å²) in [6.07, 6.45) is 0. The van der Waals surface area contributed by atoms with E-state index in [4.69, 9.17) is 5.26 Å². The number of rotatable bonds is 4. The molecule has 0 spiro atoms. The molecule has 0 amide bonds. The number of nitriles is 1. The number of hydrogen-bond acceptors (Lipinski definition) is 2. The summed E-state index contributed by atoms with van der Waals surface area (Å²) in [5, 5.41) is 9.12. The second-order valence-corrected chi connectivity index (χ2v) is 3.16. The molecule has 0 saturated heterocycles. The van der Waals surface area contributed by atoms with Gasteiger partial charge in [0, 0.05) is 0 Å². The van der Waals surface area contributed by atoms with Crippen LogP contribution in [0.4, 0.5) is 0 Å². The van der Waals surface area contributed by atoms with Gasteiger partial charge in [-0.25, -0.2) is 0 Å². The van der Waals surface area contributed by atoms with Crippen molar-refractivity contribution in [1.29, 1.82) is 5.26 Å². The summed E-state index contributed by atoms with van der Waals surface area (Å²) >= 11 is 0. The normalized spacial score (nSPS) is 12.4. The molecular weight excluding hydrogens is 172 g/mol.